The second-order valence-electron chi connectivity index (χ2n) is 7.38. The van der Waals surface area contributed by atoms with Gasteiger partial charge in [-0.3, -0.25) is 14.2 Å². The van der Waals surface area contributed by atoms with Gasteiger partial charge in [0.05, 0.1) is 6.20 Å². The first-order chi connectivity index (χ1) is 12.7. The maximum Gasteiger partial charge on any atom is 0.326 e. The van der Waals surface area contributed by atoms with Gasteiger partial charge < -0.3 is 10.1 Å². The molecule has 27 heavy (non-hydrogen) atoms. The highest BCUT2D eigenvalue weighted by Gasteiger charge is 2.19. The van der Waals surface area contributed by atoms with Crippen LogP contribution < -0.4 is 10.9 Å². The summed E-state index contributed by atoms with van der Waals surface area (Å²) in [6.07, 6.45) is 1.49. The molecule has 1 aromatic carbocycles. The second kappa shape index (κ2) is 8.54. The number of carbonyl (C=O) groups excluding carboxylic acids is 1. The Kier molecular flexibility index (Phi) is 6.40. The molecule has 6 heteroatoms. The predicted molar refractivity (Wildman–Crippen MR) is 106 cm³/mol. The zero-order valence-corrected chi connectivity index (χ0v) is 16.4. The summed E-state index contributed by atoms with van der Waals surface area (Å²) >= 11 is 0. The Bertz CT molecular complexity index is 914. The average Bonchev–Trinajstić information content (AvgIpc) is 2.56. The maximum absolute atomic E-state index is 12.8. The Balaban J connectivity index is 2.43. The SMILES string of the molecule is CC(C)Nc1ncc(C#Cc2ccccc2)n(CC(=O)OC(C)(C)C)c1=O. The summed E-state index contributed by atoms with van der Waals surface area (Å²) in [6, 6.07) is 9.42. The lowest BCUT2D eigenvalue weighted by Crippen LogP contribution is -2.34. The molecule has 0 atom stereocenters. The predicted octanol–water partition coefficient (Wildman–Crippen LogP) is 2.81. The number of ether oxygens (including phenoxy) is 1. The van der Waals surface area contributed by atoms with Gasteiger partial charge in [0.25, 0.3) is 5.56 Å². The van der Waals surface area contributed by atoms with Crippen LogP contribution in [0, 0.1) is 11.8 Å². The summed E-state index contributed by atoms with van der Waals surface area (Å²) in [5.41, 5.74) is 0.111. The molecular formula is C21H25N3O3. The van der Waals surface area contributed by atoms with Gasteiger partial charge in [0, 0.05) is 11.6 Å². The number of esters is 1. The van der Waals surface area contributed by atoms with Gasteiger partial charge in [-0.15, -0.1) is 0 Å². The molecule has 6 nitrogen and oxygen atoms in total. The molecular weight excluding hydrogens is 342 g/mol. The van der Waals surface area contributed by atoms with Crippen molar-refractivity contribution in [2.45, 2.75) is 52.8 Å². The van der Waals surface area contributed by atoms with Gasteiger partial charge in [-0.1, -0.05) is 24.1 Å². The van der Waals surface area contributed by atoms with Crippen LogP contribution in [0.25, 0.3) is 0 Å². The van der Waals surface area contributed by atoms with E-state index in [-0.39, 0.29) is 18.4 Å². The van der Waals surface area contributed by atoms with Crippen molar-refractivity contribution in [3.8, 4) is 11.8 Å². The minimum atomic E-state index is -0.636. The van der Waals surface area contributed by atoms with Crippen LogP contribution in [0.1, 0.15) is 45.9 Å². The smallest absolute Gasteiger partial charge is 0.326 e. The van der Waals surface area contributed by atoms with E-state index >= 15 is 0 Å². The minimum absolute atomic E-state index is 0.0291. The molecule has 0 fully saturated rings. The zero-order valence-electron chi connectivity index (χ0n) is 16.4. The number of benzene rings is 1. The molecule has 0 bridgehead atoms. The Hall–Kier alpha value is -3.07. The number of hydrogen-bond acceptors (Lipinski definition) is 5. The lowest BCUT2D eigenvalue weighted by molar-refractivity contribution is -0.155. The lowest BCUT2D eigenvalue weighted by Gasteiger charge is -2.20. The minimum Gasteiger partial charge on any atom is -0.459 e. The van der Waals surface area contributed by atoms with Crippen LogP contribution in [0.5, 0.6) is 0 Å². The molecule has 1 aromatic heterocycles. The van der Waals surface area contributed by atoms with E-state index in [2.05, 4.69) is 22.1 Å². The van der Waals surface area contributed by atoms with Crippen molar-refractivity contribution in [2.24, 2.45) is 0 Å². The number of nitrogens with one attached hydrogen (secondary N) is 1. The standard InChI is InChI=1S/C21H25N3O3/c1-15(2)23-19-20(26)24(14-18(25)27-21(3,4)5)17(13-22-19)12-11-16-9-7-6-8-10-16/h6-10,13,15H,14H2,1-5H3,(H,22,23). The Morgan fingerprint density at radius 1 is 1.22 bits per heavy atom. The summed E-state index contributed by atoms with van der Waals surface area (Å²) in [6.45, 7) is 8.92. The molecule has 142 valence electrons. The fraction of sp³-hybridized carbons (Fsp3) is 0.381. The normalized spacial score (nSPS) is 10.9. The van der Waals surface area contributed by atoms with E-state index in [0.29, 0.717) is 5.69 Å². The number of hydrogen-bond donors (Lipinski definition) is 1. The van der Waals surface area contributed by atoms with Crippen LogP contribution in [0.2, 0.25) is 0 Å². The molecule has 0 amide bonds. The van der Waals surface area contributed by atoms with Gasteiger partial charge >= 0.3 is 5.97 Å². The van der Waals surface area contributed by atoms with Crippen LogP contribution in [0.15, 0.2) is 41.3 Å². The van der Waals surface area contributed by atoms with Gasteiger partial charge in [-0.05, 0) is 52.7 Å². The van der Waals surface area contributed by atoms with Crippen molar-refractivity contribution in [1.82, 2.24) is 9.55 Å². The highest BCUT2D eigenvalue weighted by Crippen LogP contribution is 2.09. The largest absolute Gasteiger partial charge is 0.459 e. The third-order valence-corrected chi connectivity index (χ3v) is 3.30. The molecule has 0 aliphatic carbocycles. The molecule has 0 radical (unpaired) electrons. The highest BCUT2D eigenvalue weighted by atomic mass is 16.6. The molecule has 0 unspecified atom stereocenters. The monoisotopic (exact) mass is 367 g/mol. The number of aromatic nitrogens is 2. The van der Waals surface area contributed by atoms with Crippen LogP contribution in [-0.2, 0) is 16.1 Å². The summed E-state index contributed by atoms with van der Waals surface area (Å²) < 4.78 is 6.64. The van der Waals surface area contributed by atoms with Crippen molar-refractivity contribution >= 4 is 11.8 Å². The molecule has 2 aromatic rings. The first kappa shape index (κ1) is 20.2. The highest BCUT2D eigenvalue weighted by molar-refractivity contribution is 5.70. The zero-order chi connectivity index (χ0) is 20.0. The van der Waals surface area contributed by atoms with E-state index < -0.39 is 17.1 Å². The number of anilines is 1. The first-order valence-corrected chi connectivity index (χ1v) is 8.81. The van der Waals surface area contributed by atoms with E-state index in [1.165, 1.54) is 10.8 Å². The van der Waals surface area contributed by atoms with Crippen molar-refractivity contribution in [3.05, 3.63) is 58.1 Å². The Morgan fingerprint density at radius 2 is 1.89 bits per heavy atom. The quantitative estimate of drug-likeness (QED) is 0.664. The molecule has 1 N–H and O–H groups in total. The summed E-state index contributed by atoms with van der Waals surface area (Å²) in [5.74, 6) is 5.60. The van der Waals surface area contributed by atoms with E-state index in [4.69, 9.17) is 4.74 Å². The van der Waals surface area contributed by atoms with Crippen molar-refractivity contribution < 1.29 is 9.53 Å². The summed E-state index contributed by atoms with van der Waals surface area (Å²) in [5, 5.41) is 2.99. The van der Waals surface area contributed by atoms with E-state index in [1.54, 1.807) is 20.8 Å². The molecule has 0 saturated heterocycles. The van der Waals surface area contributed by atoms with E-state index in [9.17, 15) is 9.59 Å². The van der Waals surface area contributed by atoms with Crippen molar-refractivity contribution in [3.63, 3.8) is 0 Å². The van der Waals surface area contributed by atoms with Crippen molar-refractivity contribution in [1.29, 1.82) is 0 Å². The number of rotatable bonds is 4. The van der Waals surface area contributed by atoms with Gasteiger partial charge in [0.2, 0.25) is 0 Å². The molecule has 1 heterocycles. The third kappa shape index (κ3) is 6.30. The van der Waals surface area contributed by atoms with Gasteiger partial charge in [0.15, 0.2) is 5.82 Å². The molecule has 0 saturated carbocycles. The molecule has 0 aliphatic rings. The van der Waals surface area contributed by atoms with Crippen LogP contribution >= 0.6 is 0 Å². The molecule has 0 aliphatic heterocycles. The Labute approximate surface area is 159 Å². The fourth-order valence-electron chi connectivity index (χ4n) is 2.28. The van der Waals surface area contributed by atoms with E-state index in [1.807, 2.05) is 44.2 Å². The van der Waals surface area contributed by atoms with Crippen LogP contribution in [0.3, 0.4) is 0 Å². The lowest BCUT2D eigenvalue weighted by atomic mass is 10.2. The third-order valence-electron chi connectivity index (χ3n) is 3.30. The maximum atomic E-state index is 12.8. The Morgan fingerprint density at radius 3 is 2.48 bits per heavy atom. The molecule has 2 rings (SSSR count). The summed E-state index contributed by atoms with van der Waals surface area (Å²) in [4.78, 5) is 29.2. The van der Waals surface area contributed by atoms with Gasteiger partial charge in [0.1, 0.15) is 17.8 Å². The fourth-order valence-corrected chi connectivity index (χ4v) is 2.28. The van der Waals surface area contributed by atoms with Crippen LogP contribution in [-0.4, -0.2) is 27.2 Å². The van der Waals surface area contributed by atoms with Crippen molar-refractivity contribution in [2.75, 3.05) is 5.32 Å². The molecule has 0 spiro atoms. The number of carbonyl (C=O) groups is 1. The van der Waals surface area contributed by atoms with Gasteiger partial charge in [-0.2, -0.15) is 0 Å². The topological polar surface area (TPSA) is 73.2 Å². The second-order valence-corrected chi connectivity index (χ2v) is 7.38. The first-order valence-electron chi connectivity index (χ1n) is 8.81. The number of nitrogens with zero attached hydrogens (tertiary/aromatic N) is 2. The van der Waals surface area contributed by atoms with E-state index in [0.717, 1.165) is 5.56 Å². The van der Waals surface area contributed by atoms with Crippen LogP contribution in [0.4, 0.5) is 5.82 Å². The summed E-state index contributed by atoms with van der Waals surface area (Å²) in [7, 11) is 0. The average molecular weight is 367 g/mol. The van der Waals surface area contributed by atoms with Gasteiger partial charge in [-0.25, -0.2) is 4.98 Å².